The van der Waals surface area contributed by atoms with Crippen LogP contribution in [-0.4, -0.2) is 4.57 Å². The smallest absolute Gasteiger partial charge is 0.0453 e. The molecule has 1 aromatic carbocycles. The van der Waals surface area contributed by atoms with Crippen molar-refractivity contribution in [2.45, 2.75) is 45.2 Å². The Labute approximate surface area is 135 Å². The Morgan fingerprint density at radius 3 is 2.86 bits per heavy atom. The van der Waals surface area contributed by atoms with Crippen LogP contribution in [0.2, 0.25) is 10.0 Å². The molecule has 0 spiro atoms. The molecule has 0 amide bonds. The molecule has 0 fully saturated rings. The summed E-state index contributed by atoms with van der Waals surface area (Å²) < 4.78 is 2.40. The third-order valence-corrected chi connectivity index (χ3v) is 4.98. The first-order chi connectivity index (χ1) is 10.1. The number of hydrogen-bond acceptors (Lipinski definition) is 1. The van der Waals surface area contributed by atoms with Crippen molar-refractivity contribution in [3.05, 3.63) is 56.8 Å². The minimum absolute atomic E-state index is 0.202. The Bertz CT molecular complexity index is 661. The van der Waals surface area contributed by atoms with E-state index in [4.69, 9.17) is 28.9 Å². The van der Waals surface area contributed by atoms with Crippen LogP contribution in [0.3, 0.4) is 0 Å². The maximum atomic E-state index is 6.26. The number of halogens is 2. The average molecular weight is 323 g/mol. The van der Waals surface area contributed by atoms with Gasteiger partial charge in [-0.15, -0.1) is 0 Å². The van der Waals surface area contributed by atoms with Crippen molar-refractivity contribution in [2.24, 2.45) is 5.73 Å². The number of rotatable bonds is 3. The molecule has 0 aliphatic heterocycles. The zero-order valence-electron chi connectivity index (χ0n) is 12.2. The van der Waals surface area contributed by atoms with E-state index in [0.29, 0.717) is 5.02 Å². The third-order valence-electron chi connectivity index (χ3n) is 4.40. The molecule has 3 rings (SSSR count). The second kappa shape index (κ2) is 6.04. The van der Waals surface area contributed by atoms with Gasteiger partial charge in [0.2, 0.25) is 0 Å². The van der Waals surface area contributed by atoms with Crippen molar-refractivity contribution in [3.8, 4) is 0 Å². The number of nitrogens with zero attached hydrogens (tertiary/aromatic N) is 1. The number of nitrogens with two attached hydrogens (primary N) is 1. The maximum absolute atomic E-state index is 6.26. The van der Waals surface area contributed by atoms with E-state index < -0.39 is 0 Å². The number of aryl methyl sites for hydroxylation is 2. The highest BCUT2D eigenvalue weighted by Crippen LogP contribution is 2.31. The molecular formula is C17H20Cl2N2. The molecule has 1 atom stereocenters. The van der Waals surface area contributed by atoms with E-state index in [1.807, 2.05) is 18.2 Å². The van der Waals surface area contributed by atoms with Crippen LogP contribution in [0.1, 0.15) is 41.4 Å². The van der Waals surface area contributed by atoms with Crippen LogP contribution >= 0.6 is 23.2 Å². The molecule has 2 aromatic rings. The summed E-state index contributed by atoms with van der Waals surface area (Å²) in [6, 6.07) is 8.18. The largest absolute Gasteiger partial charge is 0.348 e. The van der Waals surface area contributed by atoms with Gasteiger partial charge >= 0.3 is 0 Å². The summed E-state index contributed by atoms with van der Waals surface area (Å²) in [4.78, 5) is 0. The van der Waals surface area contributed by atoms with Crippen molar-refractivity contribution < 1.29 is 0 Å². The van der Waals surface area contributed by atoms with Gasteiger partial charge in [-0.3, -0.25) is 0 Å². The standard InChI is InChI=1S/C17H20Cl2N2/c1-11-9-14-16(20)3-2-4-17(14)21(11)8-7-12-5-6-13(18)10-15(12)19/h5-6,9-10,16H,2-4,7-8,20H2,1H3. The summed E-state index contributed by atoms with van der Waals surface area (Å²) in [6.07, 6.45) is 4.32. The number of hydrogen-bond donors (Lipinski definition) is 1. The van der Waals surface area contributed by atoms with Gasteiger partial charge in [0, 0.05) is 34.0 Å². The normalized spacial score (nSPS) is 17.8. The molecule has 0 saturated carbocycles. The van der Waals surface area contributed by atoms with Crippen LogP contribution in [0.15, 0.2) is 24.3 Å². The SMILES string of the molecule is Cc1cc2c(n1CCc1ccc(Cl)cc1Cl)CCCC2N. The third kappa shape index (κ3) is 2.98. The van der Waals surface area contributed by atoms with Gasteiger partial charge in [0.05, 0.1) is 0 Å². The van der Waals surface area contributed by atoms with E-state index in [9.17, 15) is 0 Å². The Morgan fingerprint density at radius 2 is 2.10 bits per heavy atom. The fourth-order valence-electron chi connectivity index (χ4n) is 3.27. The predicted molar refractivity (Wildman–Crippen MR) is 89.2 cm³/mol. The Hall–Kier alpha value is -0.960. The highest BCUT2D eigenvalue weighted by Gasteiger charge is 2.21. The van der Waals surface area contributed by atoms with Crippen LogP contribution in [0.25, 0.3) is 0 Å². The van der Waals surface area contributed by atoms with E-state index in [-0.39, 0.29) is 6.04 Å². The molecule has 1 aromatic heterocycles. The molecule has 0 radical (unpaired) electrons. The van der Waals surface area contributed by atoms with Crippen LogP contribution in [0, 0.1) is 6.92 Å². The molecule has 4 heteroatoms. The second-order valence-electron chi connectivity index (χ2n) is 5.82. The lowest BCUT2D eigenvalue weighted by molar-refractivity contribution is 0.536. The van der Waals surface area contributed by atoms with Crippen molar-refractivity contribution in [3.63, 3.8) is 0 Å². The molecule has 1 aliphatic carbocycles. The quantitative estimate of drug-likeness (QED) is 0.873. The highest BCUT2D eigenvalue weighted by atomic mass is 35.5. The molecular weight excluding hydrogens is 303 g/mol. The monoisotopic (exact) mass is 322 g/mol. The van der Waals surface area contributed by atoms with Gasteiger partial charge in [-0.25, -0.2) is 0 Å². The molecule has 2 nitrogen and oxygen atoms in total. The van der Waals surface area contributed by atoms with Crippen LogP contribution in [0.4, 0.5) is 0 Å². The first kappa shape index (κ1) is 15.0. The molecule has 1 aliphatic rings. The summed E-state index contributed by atoms with van der Waals surface area (Å²) in [5.74, 6) is 0. The number of benzene rings is 1. The maximum Gasteiger partial charge on any atom is 0.0453 e. The van der Waals surface area contributed by atoms with E-state index in [1.54, 1.807) is 0 Å². The Balaban J connectivity index is 1.82. The summed E-state index contributed by atoms with van der Waals surface area (Å²) in [5.41, 5.74) is 11.4. The molecule has 1 heterocycles. The average Bonchev–Trinajstić information content (AvgIpc) is 2.76. The minimum Gasteiger partial charge on any atom is -0.348 e. The Morgan fingerprint density at radius 1 is 1.29 bits per heavy atom. The first-order valence-corrected chi connectivity index (χ1v) is 8.20. The summed E-state index contributed by atoms with van der Waals surface area (Å²) >= 11 is 12.2. The van der Waals surface area contributed by atoms with Gasteiger partial charge < -0.3 is 10.3 Å². The lowest BCUT2D eigenvalue weighted by Crippen LogP contribution is -2.18. The van der Waals surface area contributed by atoms with Crippen molar-refractivity contribution in [2.75, 3.05) is 0 Å². The molecule has 1 unspecified atom stereocenters. The van der Waals surface area contributed by atoms with Gasteiger partial charge in [0.1, 0.15) is 0 Å². The second-order valence-corrected chi connectivity index (χ2v) is 6.67. The lowest BCUT2D eigenvalue weighted by atomic mass is 9.93. The highest BCUT2D eigenvalue weighted by molar-refractivity contribution is 6.35. The van der Waals surface area contributed by atoms with Gasteiger partial charge in [-0.05, 0) is 61.9 Å². The van der Waals surface area contributed by atoms with Crippen molar-refractivity contribution in [1.29, 1.82) is 0 Å². The number of fused-ring (bicyclic) bond motifs is 1. The minimum atomic E-state index is 0.202. The Kier molecular flexibility index (Phi) is 4.30. The topological polar surface area (TPSA) is 30.9 Å². The van der Waals surface area contributed by atoms with E-state index >= 15 is 0 Å². The zero-order chi connectivity index (χ0) is 15.0. The van der Waals surface area contributed by atoms with Gasteiger partial charge in [0.25, 0.3) is 0 Å². The predicted octanol–water partition coefficient (Wildman–Crippen LogP) is 4.68. The van der Waals surface area contributed by atoms with Crippen LogP contribution in [-0.2, 0) is 19.4 Å². The fourth-order valence-corrected chi connectivity index (χ4v) is 3.77. The molecule has 0 saturated heterocycles. The summed E-state index contributed by atoms with van der Waals surface area (Å²) in [7, 11) is 0. The molecule has 2 N–H and O–H groups in total. The first-order valence-electron chi connectivity index (χ1n) is 7.44. The zero-order valence-corrected chi connectivity index (χ0v) is 13.7. The van der Waals surface area contributed by atoms with Crippen molar-refractivity contribution >= 4 is 23.2 Å². The van der Waals surface area contributed by atoms with Crippen LogP contribution < -0.4 is 5.73 Å². The van der Waals surface area contributed by atoms with Gasteiger partial charge in [-0.1, -0.05) is 29.3 Å². The van der Waals surface area contributed by atoms with E-state index in [2.05, 4.69) is 17.6 Å². The van der Waals surface area contributed by atoms with E-state index in [0.717, 1.165) is 36.4 Å². The fraction of sp³-hybridized carbons (Fsp3) is 0.412. The molecule has 21 heavy (non-hydrogen) atoms. The molecule has 112 valence electrons. The van der Waals surface area contributed by atoms with Gasteiger partial charge in [0.15, 0.2) is 0 Å². The summed E-state index contributed by atoms with van der Waals surface area (Å²) in [6.45, 7) is 3.10. The summed E-state index contributed by atoms with van der Waals surface area (Å²) in [5, 5.41) is 1.43. The van der Waals surface area contributed by atoms with E-state index in [1.165, 1.54) is 23.4 Å². The molecule has 0 bridgehead atoms. The van der Waals surface area contributed by atoms with Gasteiger partial charge in [-0.2, -0.15) is 0 Å². The number of aromatic nitrogens is 1. The van der Waals surface area contributed by atoms with Crippen LogP contribution in [0.5, 0.6) is 0 Å². The lowest BCUT2D eigenvalue weighted by Gasteiger charge is -2.21. The van der Waals surface area contributed by atoms with Crippen molar-refractivity contribution in [1.82, 2.24) is 4.57 Å².